The van der Waals surface area contributed by atoms with Gasteiger partial charge in [0.25, 0.3) is 0 Å². The topological polar surface area (TPSA) is 56.6 Å². The second-order valence-electron chi connectivity index (χ2n) is 8.93. The van der Waals surface area contributed by atoms with Crippen LogP contribution in [0.3, 0.4) is 0 Å². The normalized spacial score (nSPS) is 15.7. The summed E-state index contributed by atoms with van der Waals surface area (Å²) in [5.41, 5.74) is 5.09. The first-order valence-corrected chi connectivity index (χ1v) is 12.1. The Labute approximate surface area is 210 Å². The maximum Gasteiger partial charge on any atom is 0.227 e. The molecule has 1 unspecified atom stereocenters. The minimum atomic E-state index is -0.0554. The van der Waals surface area contributed by atoms with Gasteiger partial charge in [-0.2, -0.15) is 0 Å². The van der Waals surface area contributed by atoms with Crippen molar-refractivity contribution in [3.8, 4) is 11.5 Å². The lowest BCUT2D eigenvalue weighted by molar-refractivity contribution is -0.117. The number of methoxy groups -OCH3 is 1. The summed E-state index contributed by atoms with van der Waals surface area (Å²) in [6, 6.07) is 19.5. The van der Waals surface area contributed by atoms with Crippen molar-refractivity contribution in [1.82, 2.24) is 9.55 Å². The van der Waals surface area contributed by atoms with E-state index in [-0.39, 0.29) is 11.8 Å². The van der Waals surface area contributed by atoms with Gasteiger partial charge in [-0.1, -0.05) is 29.8 Å². The number of hydrogen-bond acceptors (Lipinski definition) is 4. The lowest BCUT2D eigenvalue weighted by Crippen LogP contribution is -2.25. The quantitative estimate of drug-likeness (QED) is 0.323. The highest BCUT2D eigenvalue weighted by Crippen LogP contribution is 2.38. The molecule has 7 heteroatoms. The molecule has 1 saturated heterocycles. The zero-order valence-corrected chi connectivity index (χ0v) is 20.9. The number of carbonyl (C=O) groups excluding carboxylic acids is 1. The van der Waals surface area contributed by atoms with Gasteiger partial charge >= 0.3 is 0 Å². The molecule has 35 heavy (non-hydrogen) atoms. The van der Waals surface area contributed by atoms with E-state index < -0.39 is 0 Å². The van der Waals surface area contributed by atoms with Gasteiger partial charge in [-0.05, 0) is 67.4 Å². The molecular formula is C28H28ClN3O3. The number of carbonyl (C=O) groups is 1. The maximum atomic E-state index is 13.1. The van der Waals surface area contributed by atoms with Crippen LogP contribution in [0.4, 0.5) is 5.69 Å². The summed E-state index contributed by atoms with van der Waals surface area (Å²) in [5.74, 6) is 2.35. The van der Waals surface area contributed by atoms with Gasteiger partial charge in [0.1, 0.15) is 23.9 Å². The highest BCUT2D eigenvalue weighted by atomic mass is 35.5. The van der Waals surface area contributed by atoms with Crippen molar-refractivity contribution in [2.24, 2.45) is 0 Å². The van der Waals surface area contributed by atoms with Crippen LogP contribution in [0.2, 0.25) is 5.02 Å². The molecule has 5 rings (SSSR count). The Morgan fingerprint density at radius 1 is 1.06 bits per heavy atom. The second-order valence-corrected chi connectivity index (χ2v) is 9.36. The first-order chi connectivity index (χ1) is 16.9. The molecule has 0 N–H and O–H groups in total. The maximum absolute atomic E-state index is 13.1. The van der Waals surface area contributed by atoms with Gasteiger partial charge in [0.2, 0.25) is 5.91 Å². The van der Waals surface area contributed by atoms with Crippen molar-refractivity contribution in [2.75, 3.05) is 25.2 Å². The molecule has 1 aliphatic rings. The monoisotopic (exact) mass is 489 g/mol. The number of benzene rings is 3. The van der Waals surface area contributed by atoms with E-state index in [1.54, 1.807) is 30.2 Å². The van der Waals surface area contributed by atoms with Crippen molar-refractivity contribution in [3.05, 3.63) is 82.6 Å². The van der Waals surface area contributed by atoms with Crippen molar-refractivity contribution in [1.29, 1.82) is 0 Å². The second kappa shape index (κ2) is 9.62. The molecule has 0 spiro atoms. The van der Waals surface area contributed by atoms with E-state index in [4.69, 9.17) is 26.1 Å². The van der Waals surface area contributed by atoms with E-state index in [2.05, 4.69) is 36.6 Å². The van der Waals surface area contributed by atoms with Gasteiger partial charge in [-0.3, -0.25) is 4.79 Å². The van der Waals surface area contributed by atoms with Crippen LogP contribution < -0.4 is 14.4 Å². The molecule has 3 aromatic carbocycles. The number of ether oxygens (including phenoxy) is 2. The van der Waals surface area contributed by atoms with Crippen LogP contribution in [-0.4, -0.2) is 35.7 Å². The first kappa shape index (κ1) is 23.2. The number of imidazole rings is 1. The molecule has 1 atom stereocenters. The van der Waals surface area contributed by atoms with E-state index in [0.717, 1.165) is 22.6 Å². The molecule has 1 amide bonds. The van der Waals surface area contributed by atoms with Crippen LogP contribution in [0.1, 0.15) is 29.3 Å². The van der Waals surface area contributed by atoms with Crippen LogP contribution in [0.5, 0.6) is 11.5 Å². The summed E-state index contributed by atoms with van der Waals surface area (Å²) in [4.78, 5) is 19.8. The number of halogens is 1. The summed E-state index contributed by atoms with van der Waals surface area (Å²) in [5, 5.41) is 0.563. The third kappa shape index (κ3) is 4.58. The third-order valence-corrected chi connectivity index (χ3v) is 6.90. The molecule has 0 bridgehead atoms. The minimum Gasteiger partial charge on any atom is -0.495 e. The molecule has 1 aromatic heterocycles. The molecule has 4 aromatic rings. The van der Waals surface area contributed by atoms with Crippen LogP contribution >= 0.6 is 11.6 Å². The lowest BCUT2D eigenvalue weighted by atomic mass is 10.1. The van der Waals surface area contributed by atoms with Crippen molar-refractivity contribution < 1.29 is 14.3 Å². The average Bonchev–Trinajstić information content (AvgIpc) is 3.42. The molecular weight excluding hydrogens is 462 g/mol. The molecule has 1 aliphatic heterocycles. The van der Waals surface area contributed by atoms with Crippen LogP contribution in [0.15, 0.2) is 60.7 Å². The lowest BCUT2D eigenvalue weighted by Gasteiger charge is -2.20. The Morgan fingerprint density at radius 2 is 1.89 bits per heavy atom. The molecule has 2 heterocycles. The van der Waals surface area contributed by atoms with E-state index in [1.165, 1.54) is 11.1 Å². The average molecular weight is 490 g/mol. The predicted molar refractivity (Wildman–Crippen MR) is 139 cm³/mol. The molecule has 0 saturated carbocycles. The fourth-order valence-corrected chi connectivity index (χ4v) is 4.85. The number of aryl methyl sites for hydroxylation is 2. The van der Waals surface area contributed by atoms with Crippen molar-refractivity contribution >= 4 is 34.2 Å². The number of para-hydroxylation sites is 2. The van der Waals surface area contributed by atoms with Gasteiger partial charge in [-0.15, -0.1) is 0 Å². The first-order valence-electron chi connectivity index (χ1n) is 11.7. The van der Waals surface area contributed by atoms with Crippen molar-refractivity contribution in [3.63, 3.8) is 0 Å². The van der Waals surface area contributed by atoms with E-state index in [0.29, 0.717) is 42.6 Å². The standard InChI is InChI=1S/C28H28ClN3O3/c1-18-8-10-22(14-19(18)2)35-13-12-31-24-7-5-4-6-23(24)30-28(31)20-15-27(33)32(17-20)25-16-21(29)9-11-26(25)34-3/h4-11,14,16,20H,12-13,15,17H2,1-3H3. The third-order valence-electron chi connectivity index (χ3n) is 6.67. The summed E-state index contributed by atoms with van der Waals surface area (Å²) < 4.78 is 13.8. The zero-order chi connectivity index (χ0) is 24.5. The minimum absolute atomic E-state index is 0.0283. The number of anilines is 1. The van der Waals surface area contributed by atoms with E-state index in [9.17, 15) is 4.79 Å². The number of nitrogens with zero attached hydrogens (tertiary/aromatic N) is 3. The number of aromatic nitrogens is 2. The van der Waals surface area contributed by atoms with Crippen LogP contribution in [0.25, 0.3) is 11.0 Å². The number of rotatable bonds is 7. The summed E-state index contributed by atoms with van der Waals surface area (Å²) in [7, 11) is 1.60. The molecule has 0 aliphatic carbocycles. The van der Waals surface area contributed by atoms with Gasteiger partial charge in [-0.25, -0.2) is 4.98 Å². The summed E-state index contributed by atoms with van der Waals surface area (Å²) in [6.07, 6.45) is 0.372. The highest BCUT2D eigenvalue weighted by molar-refractivity contribution is 6.31. The van der Waals surface area contributed by atoms with Gasteiger partial charge in [0, 0.05) is 23.9 Å². The van der Waals surface area contributed by atoms with Gasteiger partial charge in [0.05, 0.1) is 30.4 Å². The van der Waals surface area contributed by atoms with E-state index in [1.807, 2.05) is 24.3 Å². The summed E-state index contributed by atoms with van der Waals surface area (Å²) in [6.45, 7) is 5.82. The largest absolute Gasteiger partial charge is 0.495 e. The Morgan fingerprint density at radius 3 is 2.69 bits per heavy atom. The predicted octanol–water partition coefficient (Wildman–Crippen LogP) is 5.91. The fraction of sp³-hybridized carbons (Fsp3) is 0.286. The Bertz CT molecular complexity index is 1400. The van der Waals surface area contributed by atoms with E-state index >= 15 is 0 Å². The summed E-state index contributed by atoms with van der Waals surface area (Å²) >= 11 is 6.23. The molecule has 6 nitrogen and oxygen atoms in total. The van der Waals surface area contributed by atoms with Crippen LogP contribution in [0, 0.1) is 13.8 Å². The Kier molecular flexibility index (Phi) is 6.39. The number of fused-ring (bicyclic) bond motifs is 1. The highest BCUT2D eigenvalue weighted by Gasteiger charge is 2.36. The van der Waals surface area contributed by atoms with Crippen LogP contribution in [-0.2, 0) is 11.3 Å². The molecule has 180 valence electrons. The molecule has 1 fully saturated rings. The fourth-order valence-electron chi connectivity index (χ4n) is 4.69. The van der Waals surface area contributed by atoms with Gasteiger partial charge in [0.15, 0.2) is 0 Å². The van der Waals surface area contributed by atoms with Gasteiger partial charge < -0.3 is 18.9 Å². The Balaban J connectivity index is 1.41. The smallest absolute Gasteiger partial charge is 0.227 e. The Hall–Kier alpha value is -3.51. The number of amides is 1. The SMILES string of the molecule is COc1ccc(Cl)cc1N1CC(c2nc3ccccc3n2CCOc2ccc(C)c(C)c2)CC1=O. The zero-order valence-electron chi connectivity index (χ0n) is 20.1. The van der Waals surface area contributed by atoms with Crippen molar-refractivity contribution in [2.45, 2.75) is 32.7 Å². The number of hydrogen-bond donors (Lipinski definition) is 0. The molecule has 0 radical (unpaired) electrons.